The van der Waals surface area contributed by atoms with Crippen molar-refractivity contribution in [2.45, 2.75) is 32.4 Å². The summed E-state index contributed by atoms with van der Waals surface area (Å²) in [5.41, 5.74) is 2.41. The number of hydrogen-bond donors (Lipinski definition) is 2. The normalized spacial score (nSPS) is 17.8. The van der Waals surface area contributed by atoms with Crippen LogP contribution in [0.3, 0.4) is 0 Å². The predicted octanol–water partition coefficient (Wildman–Crippen LogP) is 2.26. The van der Waals surface area contributed by atoms with Gasteiger partial charge < -0.3 is 19.9 Å². The fourth-order valence-electron chi connectivity index (χ4n) is 2.39. The van der Waals surface area contributed by atoms with Gasteiger partial charge in [-0.3, -0.25) is 0 Å². The monoisotopic (exact) mass is 279 g/mol. The number of nitrogens with one attached hydrogen (secondary N) is 1. The summed E-state index contributed by atoms with van der Waals surface area (Å²) in [5, 5.41) is 12.9. The van der Waals surface area contributed by atoms with E-state index >= 15 is 0 Å². The van der Waals surface area contributed by atoms with Crippen LogP contribution in [-0.4, -0.2) is 32.5 Å². The van der Waals surface area contributed by atoms with Crippen molar-refractivity contribution in [3.8, 4) is 5.75 Å². The Labute approximate surface area is 121 Å². The van der Waals surface area contributed by atoms with E-state index in [2.05, 4.69) is 24.4 Å². The van der Waals surface area contributed by atoms with E-state index in [4.69, 9.17) is 9.47 Å². The summed E-state index contributed by atoms with van der Waals surface area (Å²) in [7, 11) is 3.36. The van der Waals surface area contributed by atoms with E-state index < -0.39 is 0 Å². The molecule has 1 aromatic rings. The van der Waals surface area contributed by atoms with E-state index in [1.807, 2.05) is 6.07 Å². The minimum Gasteiger partial charge on any atom is -0.496 e. The maximum absolute atomic E-state index is 9.35. The van der Waals surface area contributed by atoms with Gasteiger partial charge >= 0.3 is 0 Å². The largest absolute Gasteiger partial charge is 0.496 e. The molecule has 1 aromatic carbocycles. The van der Waals surface area contributed by atoms with Gasteiger partial charge in [0.05, 0.1) is 13.7 Å². The lowest BCUT2D eigenvalue weighted by Gasteiger charge is -2.20. The van der Waals surface area contributed by atoms with Crippen LogP contribution < -0.4 is 10.1 Å². The number of aliphatic hydroxyl groups is 1. The van der Waals surface area contributed by atoms with E-state index in [1.54, 1.807) is 14.2 Å². The average Bonchev–Trinajstić information content (AvgIpc) is 3.26. The molecule has 0 heterocycles. The first-order valence-corrected chi connectivity index (χ1v) is 7.14. The first kappa shape index (κ1) is 15.3. The van der Waals surface area contributed by atoms with Gasteiger partial charge in [0.25, 0.3) is 0 Å². The molecule has 2 N–H and O–H groups in total. The van der Waals surface area contributed by atoms with Crippen LogP contribution in [0.1, 0.15) is 36.9 Å². The minimum absolute atomic E-state index is 0.135. The molecule has 20 heavy (non-hydrogen) atoms. The van der Waals surface area contributed by atoms with Gasteiger partial charge in [0, 0.05) is 37.3 Å². The minimum atomic E-state index is 0.135. The number of rotatable bonds is 8. The Balaban J connectivity index is 2.01. The zero-order chi connectivity index (χ0) is 14.6. The molecule has 4 heteroatoms. The smallest absolute Gasteiger partial charge is 0.124 e. The van der Waals surface area contributed by atoms with Crippen LogP contribution in [0.4, 0.5) is 0 Å². The second kappa shape index (κ2) is 6.57. The van der Waals surface area contributed by atoms with Crippen molar-refractivity contribution in [2.24, 2.45) is 5.41 Å². The van der Waals surface area contributed by atoms with E-state index in [0.717, 1.165) is 30.7 Å². The molecule has 1 fully saturated rings. The summed E-state index contributed by atoms with van der Waals surface area (Å²) in [6, 6.07) is 6.44. The Hall–Kier alpha value is -1.10. The SMILES string of the molecule is COCc1cc(C(C)NCC2(CO)CC2)ccc1OC. The maximum atomic E-state index is 9.35. The summed E-state index contributed by atoms with van der Waals surface area (Å²) >= 11 is 0. The van der Waals surface area contributed by atoms with Crippen molar-refractivity contribution in [3.63, 3.8) is 0 Å². The number of benzene rings is 1. The molecule has 0 amide bonds. The van der Waals surface area contributed by atoms with Crippen LogP contribution >= 0.6 is 0 Å². The summed E-state index contributed by atoms with van der Waals surface area (Å²) in [6.45, 7) is 3.84. The van der Waals surface area contributed by atoms with Crippen LogP contribution in [0.25, 0.3) is 0 Å². The average molecular weight is 279 g/mol. The first-order valence-electron chi connectivity index (χ1n) is 7.14. The lowest BCUT2D eigenvalue weighted by Crippen LogP contribution is -2.28. The van der Waals surface area contributed by atoms with Crippen molar-refractivity contribution in [1.29, 1.82) is 0 Å². The van der Waals surface area contributed by atoms with Crippen LogP contribution in [0.15, 0.2) is 18.2 Å². The molecule has 0 saturated heterocycles. The molecule has 1 saturated carbocycles. The van der Waals surface area contributed by atoms with E-state index in [0.29, 0.717) is 6.61 Å². The summed E-state index contributed by atoms with van der Waals surface area (Å²) in [6.07, 6.45) is 2.25. The summed E-state index contributed by atoms with van der Waals surface area (Å²) < 4.78 is 10.6. The van der Waals surface area contributed by atoms with Crippen LogP contribution in [0, 0.1) is 5.41 Å². The van der Waals surface area contributed by atoms with Gasteiger partial charge in [-0.1, -0.05) is 6.07 Å². The van der Waals surface area contributed by atoms with Crippen molar-refractivity contribution in [1.82, 2.24) is 5.32 Å². The van der Waals surface area contributed by atoms with E-state index in [1.165, 1.54) is 5.56 Å². The Morgan fingerprint density at radius 1 is 1.35 bits per heavy atom. The third-order valence-electron chi connectivity index (χ3n) is 4.18. The fourth-order valence-corrected chi connectivity index (χ4v) is 2.39. The first-order chi connectivity index (χ1) is 9.64. The molecule has 0 aliphatic heterocycles. The molecule has 2 rings (SSSR count). The number of ether oxygens (including phenoxy) is 2. The topological polar surface area (TPSA) is 50.7 Å². The Morgan fingerprint density at radius 3 is 2.65 bits per heavy atom. The van der Waals surface area contributed by atoms with Gasteiger partial charge in [0.1, 0.15) is 5.75 Å². The molecule has 112 valence electrons. The molecule has 0 radical (unpaired) electrons. The van der Waals surface area contributed by atoms with Gasteiger partial charge in [-0.05, 0) is 37.5 Å². The molecule has 1 aliphatic carbocycles. The number of aliphatic hydroxyl groups excluding tert-OH is 1. The molecular formula is C16H25NO3. The Kier molecular flexibility index (Phi) is 5.02. The van der Waals surface area contributed by atoms with Gasteiger partial charge in [-0.15, -0.1) is 0 Å². The van der Waals surface area contributed by atoms with Crippen LogP contribution in [0.5, 0.6) is 5.75 Å². The third-order valence-corrected chi connectivity index (χ3v) is 4.18. The molecule has 4 nitrogen and oxygen atoms in total. The zero-order valence-corrected chi connectivity index (χ0v) is 12.6. The highest BCUT2D eigenvalue weighted by molar-refractivity contribution is 5.38. The standard InChI is InChI=1S/C16H25NO3/c1-12(17-10-16(11-18)6-7-16)13-4-5-15(20-3)14(8-13)9-19-2/h4-5,8,12,17-18H,6-7,9-11H2,1-3H3. The predicted molar refractivity (Wildman–Crippen MR) is 78.9 cm³/mol. The second-order valence-electron chi connectivity index (χ2n) is 5.76. The Morgan fingerprint density at radius 2 is 2.10 bits per heavy atom. The van der Waals surface area contributed by atoms with Gasteiger partial charge in [-0.2, -0.15) is 0 Å². The van der Waals surface area contributed by atoms with Crippen LogP contribution in [0.2, 0.25) is 0 Å². The zero-order valence-electron chi connectivity index (χ0n) is 12.6. The van der Waals surface area contributed by atoms with Gasteiger partial charge in [-0.25, -0.2) is 0 Å². The van der Waals surface area contributed by atoms with Gasteiger partial charge in [0.15, 0.2) is 0 Å². The quantitative estimate of drug-likeness (QED) is 0.766. The van der Waals surface area contributed by atoms with Gasteiger partial charge in [0.2, 0.25) is 0 Å². The molecule has 0 bridgehead atoms. The number of methoxy groups -OCH3 is 2. The summed E-state index contributed by atoms with van der Waals surface area (Å²) in [5.74, 6) is 0.858. The lowest BCUT2D eigenvalue weighted by atomic mass is 10.0. The second-order valence-corrected chi connectivity index (χ2v) is 5.76. The molecule has 0 spiro atoms. The van der Waals surface area contributed by atoms with Crippen molar-refractivity contribution in [2.75, 3.05) is 27.4 Å². The van der Waals surface area contributed by atoms with Crippen molar-refractivity contribution in [3.05, 3.63) is 29.3 Å². The lowest BCUT2D eigenvalue weighted by molar-refractivity contribution is 0.181. The van der Waals surface area contributed by atoms with E-state index in [9.17, 15) is 5.11 Å². The highest BCUT2D eigenvalue weighted by atomic mass is 16.5. The highest BCUT2D eigenvalue weighted by Gasteiger charge is 2.41. The van der Waals surface area contributed by atoms with Crippen molar-refractivity contribution >= 4 is 0 Å². The molecule has 1 atom stereocenters. The van der Waals surface area contributed by atoms with E-state index in [-0.39, 0.29) is 18.1 Å². The highest BCUT2D eigenvalue weighted by Crippen LogP contribution is 2.44. The molecule has 0 aromatic heterocycles. The fraction of sp³-hybridized carbons (Fsp3) is 0.625. The number of hydrogen-bond acceptors (Lipinski definition) is 4. The van der Waals surface area contributed by atoms with Crippen molar-refractivity contribution < 1.29 is 14.6 Å². The summed E-state index contributed by atoms with van der Waals surface area (Å²) in [4.78, 5) is 0. The molecule has 1 unspecified atom stereocenters. The van der Waals surface area contributed by atoms with Crippen LogP contribution in [-0.2, 0) is 11.3 Å². The Bertz CT molecular complexity index is 443. The third kappa shape index (κ3) is 3.51. The molecular weight excluding hydrogens is 254 g/mol. The maximum Gasteiger partial charge on any atom is 0.124 e. The molecule has 1 aliphatic rings.